The van der Waals surface area contributed by atoms with Gasteiger partial charge in [0.2, 0.25) is 0 Å². The van der Waals surface area contributed by atoms with E-state index in [1.165, 1.54) is 43.5 Å². The van der Waals surface area contributed by atoms with E-state index < -0.39 is 0 Å². The molecule has 0 aliphatic heterocycles. The molecule has 4 fully saturated rings. The molecule has 0 amide bonds. The second-order valence-corrected chi connectivity index (χ2v) is 8.42. The summed E-state index contributed by atoms with van der Waals surface area (Å²) >= 11 is 1.79. The molecule has 0 aromatic carbocycles. The van der Waals surface area contributed by atoms with Crippen LogP contribution in [0.25, 0.3) is 0 Å². The highest BCUT2D eigenvalue weighted by molar-refractivity contribution is 7.09. The Hall–Kier alpha value is -0.410. The third-order valence-electron chi connectivity index (χ3n) is 5.93. The van der Waals surface area contributed by atoms with Crippen LogP contribution in [-0.4, -0.2) is 11.0 Å². The molecule has 0 saturated heterocycles. The molecule has 2 nitrogen and oxygen atoms in total. The van der Waals surface area contributed by atoms with Crippen LogP contribution in [0.1, 0.15) is 49.2 Å². The first-order valence-electron chi connectivity index (χ1n) is 7.79. The summed E-state index contributed by atoms with van der Waals surface area (Å²) in [5.41, 5.74) is 8.30. The molecule has 2 N–H and O–H groups in total. The summed E-state index contributed by atoms with van der Waals surface area (Å²) in [6.07, 6.45) is 9.73. The van der Waals surface area contributed by atoms with Crippen molar-refractivity contribution in [1.29, 1.82) is 0 Å². The van der Waals surface area contributed by atoms with Crippen LogP contribution in [-0.2, 0) is 6.42 Å². The van der Waals surface area contributed by atoms with Gasteiger partial charge in [-0.25, -0.2) is 4.98 Å². The van der Waals surface area contributed by atoms with E-state index in [9.17, 15) is 0 Å². The Kier molecular flexibility index (Phi) is 2.79. The highest BCUT2D eigenvalue weighted by Crippen LogP contribution is 2.61. The number of rotatable bonds is 3. The van der Waals surface area contributed by atoms with Gasteiger partial charge in [-0.2, -0.15) is 0 Å². The molecule has 4 saturated carbocycles. The van der Waals surface area contributed by atoms with E-state index in [1.807, 2.05) is 0 Å². The van der Waals surface area contributed by atoms with Crippen molar-refractivity contribution in [3.05, 3.63) is 16.1 Å². The maximum atomic E-state index is 6.68. The van der Waals surface area contributed by atoms with Crippen molar-refractivity contribution in [2.24, 2.45) is 28.9 Å². The minimum Gasteiger partial charge on any atom is -0.327 e. The Morgan fingerprint density at radius 3 is 2.32 bits per heavy atom. The number of nitrogens with zero attached hydrogens (tertiary/aromatic N) is 1. The fourth-order valence-corrected chi connectivity index (χ4v) is 6.36. The number of thiazole rings is 1. The van der Waals surface area contributed by atoms with Gasteiger partial charge in [-0.15, -0.1) is 11.3 Å². The normalized spacial score (nSPS) is 41.7. The first kappa shape index (κ1) is 12.3. The second-order valence-electron chi connectivity index (χ2n) is 7.47. The SMILES string of the molecule is Cc1csc(CC(N)C23CC4CC(CC(C4)C2)C3)n1. The van der Waals surface area contributed by atoms with E-state index in [1.54, 1.807) is 11.3 Å². The van der Waals surface area contributed by atoms with Gasteiger partial charge in [-0.1, -0.05) is 0 Å². The van der Waals surface area contributed by atoms with Gasteiger partial charge in [-0.3, -0.25) is 0 Å². The van der Waals surface area contributed by atoms with Gasteiger partial charge in [0, 0.05) is 23.5 Å². The topological polar surface area (TPSA) is 38.9 Å². The molecular formula is C16H24N2S. The van der Waals surface area contributed by atoms with E-state index in [0.717, 1.165) is 29.9 Å². The van der Waals surface area contributed by atoms with Gasteiger partial charge >= 0.3 is 0 Å². The second kappa shape index (κ2) is 4.29. The smallest absolute Gasteiger partial charge is 0.0943 e. The van der Waals surface area contributed by atoms with Crippen LogP contribution in [0.2, 0.25) is 0 Å². The monoisotopic (exact) mass is 276 g/mol. The van der Waals surface area contributed by atoms with E-state index in [0.29, 0.717) is 11.5 Å². The summed E-state index contributed by atoms with van der Waals surface area (Å²) in [7, 11) is 0. The summed E-state index contributed by atoms with van der Waals surface area (Å²) in [6, 6.07) is 0.339. The van der Waals surface area contributed by atoms with E-state index >= 15 is 0 Å². The van der Waals surface area contributed by atoms with Crippen molar-refractivity contribution >= 4 is 11.3 Å². The lowest BCUT2D eigenvalue weighted by atomic mass is 9.47. The lowest BCUT2D eigenvalue weighted by Crippen LogP contribution is -2.55. The third-order valence-corrected chi connectivity index (χ3v) is 6.92. The molecule has 1 heterocycles. The highest BCUT2D eigenvalue weighted by atomic mass is 32.1. The van der Waals surface area contributed by atoms with Crippen LogP contribution in [0.4, 0.5) is 0 Å². The maximum absolute atomic E-state index is 6.68. The van der Waals surface area contributed by atoms with Crippen molar-refractivity contribution < 1.29 is 0 Å². The summed E-state index contributed by atoms with van der Waals surface area (Å²) in [4.78, 5) is 4.62. The molecule has 104 valence electrons. The number of aryl methyl sites for hydroxylation is 1. The fourth-order valence-electron chi connectivity index (χ4n) is 5.53. The maximum Gasteiger partial charge on any atom is 0.0943 e. The molecule has 1 aromatic heterocycles. The average molecular weight is 276 g/mol. The zero-order chi connectivity index (χ0) is 13.0. The Labute approximate surface area is 119 Å². The standard InChI is InChI=1S/C16H24N2S/c1-10-9-19-15(18-10)5-14(17)16-6-11-2-12(7-16)4-13(3-11)8-16/h9,11-14H,2-8,17H2,1H3. The average Bonchev–Trinajstić information content (AvgIpc) is 2.73. The molecule has 4 bridgehead atoms. The minimum absolute atomic E-state index is 0.339. The van der Waals surface area contributed by atoms with Crippen LogP contribution in [0.3, 0.4) is 0 Å². The first-order chi connectivity index (χ1) is 9.13. The van der Waals surface area contributed by atoms with Crippen LogP contribution in [0, 0.1) is 30.1 Å². The Morgan fingerprint density at radius 2 is 1.84 bits per heavy atom. The Morgan fingerprint density at radius 1 is 1.26 bits per heavy atom. The van der Waals surface area contributed by atoms with Crippen LogP contribution in [0.15, 0.2) is 5.38 Å². The lowest BCUT2D eigenvalue weighted by Gasteiger charge is -2.59. The van der Waals surface area contributed by atoms with Gasteiger partial charge < -0.3 is 5.73 Å². The van der Waals surface area contributed by atoms with E-state index in [2.05, 4.69) is 17.3 Å². The van der Waals surface area contributed by atoms with Gasteiger partial charge in [-0.05, 0) is 68.6 Å². The molecule has 4 aliphatic rings. The number of aromatic nitrogens is 1. The largest absolute Gasteiger partial charge is 0.327 e. The Bertz CT molecular complexity index is 444. The summed E-state index contributed by atoms with van der Waals surface area (Å²) in [5, 5.41) is 3.41. The van der Waals surface area contributed by atoms with Crippen molar-refractivity contribution in [1.82, 2.24) is 4.98 Å². The molecule has 4 aliphatic carbocycles. The predicted octanol–water partition coefficient (Wildman–Crippen LogP) is 3.54. The van der Waals surface area contributed by atoms with E-state index in [4.69, 9.17) is 5.73 Å². The first-order valence-corrected chi connectivity index (χ1v) is 8.67. The van der Waals surface area contributed by atoms with E-state index in [-0.39, 0.29) is 0 Å². The van der Waals surface area contributed by atoms with Crippen molar-refractivity contribution in [2.45, 2.75) is 57.9 Å². The summed E-state index contributed by atoms with van der Waals surface area (Å²) < 4.78 is 0. The molecule has 0 spiro atoms. The molecule has 1 unspecified atom stereocenters. The zero-order valence-electron chi connectivity index (χ0n) is 11.8. The van der Waals surface area contributed by atoms with Crippen LogP contribution >= 0.6 is 11.3 Å². The number of hydrogen-bond donors (Lipinski definition) is 1. The fraction of sp³-hybridized carbons (Fsp3) is 0.812. The van der Waals surface area contributed by atoms with Crippen molar-refractivity contribution in [2.75, 3.05) is 0 Å². The molecule has 0 radical (unpaired) electrons. The molecule has 5 rings (SSSR count). The van der Waals surface area contributed by atoms with Gasteiger partial charge in [0.05, 0.1) is 5.01 Å². The van der Waals surface area contributed by atoms with Crippen molar-refractivity contribution in [3.8, 4) is 0 Å². The summed E-state index contributed by atoms with van der Waals surface area (Å²) in [5.74, 6) is 2.99. The Balaban J connectivity index is 1.54. The quantitative estimate of drug-likeness (QED) is 0.917. The molecule has 1 atom stereocenters. The molecule has 19 heavy (non-hydrogen) atoms. The number of hydrogen-bond acceptors (Lipinski definition) is 3. The molecular weight excluding hydrogens is 252 g/mol. The van der Waals surface area contributed by atoms with Crippen molar-refractivity contribution in [3.63, 3.8) is 0 Å². The zero-order valence-corrected chi connectivity index (χ0v) is 12.6. The molecule has 1 aromatic rings. The third kappa shape index (κ3) is 2.06. The van der Waals surface area contributed by atoms with Gasteiger partial charge in [0.15, 0.2) is 0 Å². The molecule has 3 heteroatoms. The van der Waals surface area contributed by atoms with Crippen LogP contribution < -0.4 is 5.73 Å². The van der Waals surface area contributed by atoms with Gasteiger partial charge in [0.25, 0.3) is 0 Å². The lowest BCUT2D eigenvalue weighted by molar-refractivity contribution is -0.0667. The summed E-state index contributed by atoms with van der Waals surface area (Å²) in [6.45, 7) is 2.08. The van der Waals surface area contributed by atoms with Crippen LogP contribution in [0.5, 0.6) is 0 Å². The number of nitrogens with two attached hydrogens (primary N) is 1. The highest BCUT2D eigenvalue weighted by Gasteiger charge is 2.53. The minimum atomic E-state index is 0.339. The predicted molar refractivity (Wildman–Crippen MR) is 79.1 cm³/mol. The van der Waals surface area contributed by atoms with Gasteiger partial charge in [0.1, 0.15) is 0 Å².